The standard InChI is InChI=1S/C19H18O5/c1-23-11-14-8-17(7-13-3-2-4-18(22)19(13)14)24-10-12-5-15(20)9-16(21)6-12/h2-9,20-22H,10-11H2,1H3. The number of phenolic OH excluding ortho intramolecular Hbond substituents is 3. The van der Waals surface area contributed by atoms with E-state index < -0.39 is 0 Å². The fraction of sp³-hybridized carbons (Fsp3) is 0.158. The second-order valence-electron chi connectivity index (χ2n) is 5.54. The number of fused-ring (bicyclic) bond motifs is 1. The Bertz CT molecular complexity index is 853. The quantitative estimate of drug-likeness (QED) is 0.666. The maximum atomic E-state index is 10.1. The topological polar surface area (TPSA) is 79.2 Å². The number of rotatable bonds is 5. The zero-order valence-corrected chi connectivity index (χ0v) is 13.2. The second-order valence-corrected chi connectivity index (χ2v) is 5.54. The normalized spacial score (nSPS) is 10.9. The van der Waals surface area contributed by atoms with Gasteiger partial charge in [-0.25, -0.2) is 0 Å². The van der Waals surface area contributed by atoms with Gasteiger partial charge >= 0.3 is 0 Å². The zero-order valence-electron chi connectivity index (χ0n) is 13.2. The van der Waals surface area contributed by atoms with Crippen molar-refractivity contribution in [3.8, 4) is 23.0 Å². The molecule has 3 aromatic rings. The highest BCUT2D eigenvalue weighted by molar-refractivity contribution is 5.92. The summed E-state index contributed by atoms with van der Waals surface area (Å²) in [5, 5.41) is 30.7. The van der Waals surface area contributed by atoms with Gasteiger partial charge in [0.15, 0.2) is 0 Å². The Kier molecular flexibility index (Phi) is 4.44. The predicted molar refractivity (Wildman–Crippen MR) is 90.4 cm³/mol. The summed E-state index contributed by atoms with van der Waals surface area (Å²) < 4.78 is 11.0. The van der Waals surface area contributed by atoms with Crippen molar-refractivity contribution in [2.24, 2.45) is 0 Å². The number of aromatic hydroxyl groups is 3. The molecule has 0 radical (unpaired) electrons. The van der Waals surface area contributed by atoms with Crippen molar-refractivity contribution in [1.82, 2.24) is 0 Å². The van der Waals surface area contributed by atoms with Crippen LogP contribution in [0.4, 0.5) is 0 Å². The van der Waals surface area contributed by atoms with Crippen molar-refractivity contribution in [2.45, 2.75) is 13.2 Å². The Labute approximate surface area is 139 Å². The first-order chi connectivity index (χ1) is 11.6. The van der Waals surface area contributed by atoms with Crippen LogP contribution >= 0.6 is 0 Å². The molecule has 3 N–H and O–H groups in total. The number of ether oxygens (including phenoxy) is 2. The molecule has 0 bridgehead atoms. The number of hydrogen-bond acceptors (Lipinski definition) is 5. The lowest BCUT2D eigenvalue weighted by Crippen LogP contribution is -1.98. The van der Waals surface area contributed by atoms with Crippen LogP contribution in [0.15, 0.2) is 48.5 Å². The van der Waals surface area contributed by atoms with E-state index in [0.29, 0.717) is 17.9 Å². The average Bonchev–Trinajstić information content (AvgIpc) is 2.52. The van der Waals surface area contributed by atoms with E-state index in [1.54, 1.807) is 19.2 Å². The highest BCUT2D eigenvalue weighted by Gasteiger charge is 2.09. The number of hydrogen-bond donors (Lipinski definition) is 3. The first-order valence-corrected chi connectivity index (χ1v) is 7.45. The lowest BCUT2D eigenvalue weighted by atomic mass is 10.0. The van der Waals surface area contributed by atoms with Gasteiger partial charge in [0.2, 0.25) is 0 Å². The van der Waals surface area contributed by atoms with Gasteiger partial charge < -0.3 is 24.8 Å². The van der Waals surface area contributed by atoms with Crippen LogP contribution in [-0.2, 0) is 18.0 Å². The van der Waals surface area contributed by atoms with E-state index in [-0.39, 0.29) is 23.9 Å². The fourth-order valence-corrected chi connectivity index (χ4v) is 2.73. The van der Waals surface area contributed by atoms with Crippen molar-refractivity contribution in [3.63, 3.8) is 0 Å². The molecule has 0 spiro atoms. The summed E-state index contributed by atoms with van der Waals surface area (Å²) in [6.07, 6.45) is 0. The maximum Gasteiger partial charge on any atom is 0.123 e. The van der Waals surface area contributed by atoms with Crippen LogP contribution in [0, 0.1) is 0 Å². The molecule has 124 valence electrons. The summed E-state index contributed by atoms with van der Waals surface area (Å²) in [4.78, 5) is 0. The SMILES string of the molecule is COCc1cc(OCc2cc(O)cc(O)c2)cc2cccc(O)c12. The molecule has 5 heteroatoms. The van der Waals surface area contributed by atoms with Crippen molar-refractivity contribution in [3.05, 3.63) is 59.7 Å². The van der Waals surface area contributed by atoms with E-state index in [1.165, 1.54) is 18.2 Å². The molecule has 3 aromatic carbocycles. The Balaban J connectivity index is 1.92. The Hall–Kier alpha value is -2.92. The van der Waals surface area contributed by atoms with Crippen molar-refractivity contribution < 1.29 is 24.8 Å². The molecule has 0 aromatic heterocycles. The highest BCUT2D eigenvalue weighted by atomic mass is 16.5. The molecule has 3 rings (SSSR count). The zero-order chi connectivity index (χ0) is 17.1. The minimum absolute atomic E-state index is 0.0166. The Morgan fingerprint density at radius 2 is 1.62 bits per heavy atom. The number of phenols is 3. The van der Waals surface area contributed by atoms with Gasteiger partial charge in [0, 0.05) is 18.6 Å². The van der Waals surface area contributed by atoms with Crippen LogP contribution in [0.2, 0.25) is 0 Å². The van der Waals surface area contributed by atoms with E-state index in [4.69, 9.17) is 9.47 Å². The average molecular weight is 326 g/mol. The largest absolute Gasteiger partial charge is 0.508 e. The summed E-state index contributed by atoms with van der Waals surface area (Å²) >= 11 is 0. The first-order valence-electron chi connectivity index (χ1n) is 7.45. The third-order valence-corrected chi connectivity index (χ3v) is 3.68. The summed E-state index contributed by atoms with van der Waals surface area (Å²) in [6.45, 7) is 0.539. The predicted octanol–water partition coefficient (Wildman–Crippen LogP) is 3.68. The fourth-order valence-electron chi connectivity index (χ4n) is 2.73. The third-order valence-electron chi connectivity index (χ3n) is 3.68. The summed E-state index contributed by atoms with van der Waals surface area (Å²) in [5.74, 6) is 0.779. The van der Waals surface area contributed by atoms with Crippen molar-refractivity contribution in [1.29, 1.82) is 0 Å². The molecular formula is C19H18O5. The van der Waals surface area contributed by atoms with Crippen molar-refractivity contribution >= 4 is 10.8 Å². The van der Waals surface area contributed by atoms with Crippen LogP contribution in [-0.4, -0.2) is 22.4 Å². The molecular weight excluding hydrogens is 308 g/mol. The molecule has 0 unspecified atom stereocenters. The molecule has 0 saturated carbocycles. The van der Waals surface area contributed by atoms with Gasteiger partial charge in [0.25, 0.3) is 0 Å². The van der Waals surface area contributed by atoms with E-state index in [2.05, 4.69) is 0 Å². The van der Waals surface area contributed by atoms with Gasteiger partial charge in [-0.05, 0) is 46.8 Å². The van der Waals surface area contributed by atoms with Crippen LogP contribution in [0.1, 0.15) is 11.1 Å². The Morgan fingerprint density at radius 3 is 2.33 bits per heavy atom. The molecule has 0 aliphatic rings. The molecule has 0 amide bonds. The molecule has 0 aliphatic carbocycles. The Morgan fingerprint density at radius 1 is 0.875 bits per heavy atom. The minimum atomic E-state index is -0.0166. The van der Waals surface area contributed by atoms with E-state index in [0.717, 1.165) is 16.3 Å². The highest BCUT2D eigenvalue weighted by Crippen LogP contribution is 2.33. The molecule has 0 saturated heterocycles. The first kappa shape index (κ1) is 16.0. The van der Waals surface area contributed by atoms with Gasteiger partial charge in [-0.15, -0.1) is 0 Å². The summed E-state index contributed by atoms with van der Waals surface area (Å²) in [5.41, 5.74) is 1.47. The van der Waals surface area contributed by atoms with Gasteiger partial charge in [0.1, 0.15) is 29.6 Å². The molecule has 0 fully saturated rings. The maximum absolute atomic E-state index is 10.1. The van der Waals surface area contributed by atoms with Gasteiger partial charge in [-0.1, -0.05) is 12.1 Å². The molecule has 24 heavy (non-hydrogen) atoms. The number of methoxy groups -OCH3 is 1. The number of benzene rings is 3. The lowest BCUT2D eigenvalue weighted by Gasteiger charge is -2.13. The van der Waals surface area contributed by atoms with Gasteiger partial charge in [-0.2, -0.15) is 0 Å². The van der Waals surface area contributed by atoms with E-state index in [9.17, 15) is 15.3 Å². The molecule has 0 atom stereocenters. The second kappa shape index (κ2) is 6.68. The third kappa shape index (κ3) is 3.36. The van der Waals surface area contributed by atoms with Gasteiger partial charge in [-0.3, -0.25) is 0 Å². The van der Waals surface area contributed by atoms with Crippen LogP contribution < -0.4 is 4.74 Å². The van der Waals surface area contributed by atoms with Gasteiger partial charge in [0.05, 0.1) is 6.61 Å². The van der Waals surface area contributed by atoms with Crippen molar-refractivity contribution in [2.75, 3.05) is 7.11 Å². The van der Waals surface area contributed by atoms with Crippen LogP contribution in [0.5, 0.6) is 23.0 Å². The molecule has 5 nitrogen and oxygen atoms in total. The molecule has 0 aliphatic heterocycles. The lowest BCUT2D eigenvalue weighted by molar-refractivity contribution is 0.185. The summed E-state index contributed by atoms with van der Waals surface area (Å²) in [7, 11) is 1.59. The van der Waals surface area contributed by atoms with Crippen LogP contribution in [0.3, 0.4) is 0 Å². The monoisotopic (exact) mass is 326 g/mol. The minimum Gasteiger partial charge on any atom is -0.508 e. The summed E-state index contributed by atoms with van der Waals surface area (Å²) in [6, 6.07) is 13.3. The molecule has 0 heterocycles. The van der Waals surface area contributed by atoms with E-state index in [1.807, 2.05) is 18.2 Å². The van der Waals surface area contributed by atoms with E-state index >= 15 is 0 Å². The van der Waals surface area contributed by atoms with Crippen LogP contribution in [0.25, 0.3) is 10.8 Å². The smallest absolute Gasteiger partial charge is 0.123 e.